The molecule has 1 aliphatic heterocycles. The van der Waals surface area contributed by atoms with Gasteiger partial charge in [-0.05, 0) is 31.4 Å². The summed E-state index contributed by atoms with van der Waals surface area (Å²) in [6.45, 7) is 0.800. The summed E-state index contributed by atoms with van der Waals surface area (Å²) in [4.78, 5) is 30.4. The average molecular weight is 310 g/mol. The molecule has 1 amide bonds. The highest BCUT2D eigenvalue weighted by Gasteiger charge is 2.33. The van der Waals surface area contributed by atoms with Gasteiger partial charge in [0.1, 0.15) is 0 Å². The molecular weight excluding hydrogens is 292 g/mol. The first kappa shape index (κ1) is 14.2. The van der Waals surface area contributed by atoms with Crippen molar-refractivity contribution in [3.63, 3.8) is 0 Å². The first-order valence-corrected chi connectivity index (χ1v) is 8.05. The van der Waals surface area contributed by atoms with Gasteiger partial charge in [-0.2, -0.15) is 0 Å². The van der Waals surface area contributed by atoms with Crippen LogP contribution in [-0.4, -0.2) is 40.0 Å². The number of carboxylic acid groups (broad SMARTS) is 1. The first-order chi connectivity index (χ1) is 11.1. The van der Waals surface area contributed by atoms with E-state index in [1.54, 1.807) is 4.90 Å². The molecule has 2 aliphatic rings. The third kappa shape index (κ3) is 2.56. The van der Waals surface area contributed by atoms with Crippen LogP contribution >= 0.6 is 0 Å². The summed E-state index contributed by atoms with van der Waals surface area (Å²) in [6, 6.07) is 9.59. The Labute approximate surface area is 133 Å². The number of aromatic nitrogens is 1. The van der Waals surface area contributed by atoms with Gasteiger partial charge in [-0.1, -0.05) is 18.2 Å². The summed E-state index contributed by atoms with van der Waals surface area (Å²) < 4.78 is 0. The highest BCUT2D eigenvalue weighted by atomic mass is 16.4. The second kappa shape index (κ2) is 5.33. The van der Waals surface area contributed by atoms with Gasteiger partial charge in [0, 0.05) is 30.1 Å². The van der Waals surface area contributed by atoms with Gasteiger partial charge in [-0.15, -0.1) is 0 Å². The normalized spacial score (nSPS) is 20.9. The number of carboxylic acids is 1. The maximum absolute atomic E-state index is 12.9. The molecule has 1 aliphatic carbocycles. The molecule has 5 nitrogen and oxygen atoms in total. The van der Waals surface area contributed by atoms with Crippen LogP contribution in [0.15, 0.2) is 30.3 Å². The summed E-state index contributed by atoms with van der Waals surface area (Å²) in [5.41, 5.74) is 2.49. The van der Waals surface area contributed by atoms with Crippen molar-refractivity contribution in [3.05, 3.63) is 41.6 Å². The number of benzene rings is 1. The van der Waals surface area contributed by atoms with E-state index in [2.05, 4.69) is 4.98 Å². The van der Waals surface area contributed by atoms with Crippen molar-refractivity contribution in [2.24, 2.45) is 5.92 Å². The molecule has 2 heterocycles. The molecule has 1 aromatic heterocycles. The summed E-state index contributed by atoms with van der Waals surface area (Å²) in [7, 11) is 0. The van der Waals surface area contributed by atoms with Gasteiger partial charge in [-0.3, -0.25) is 14.6 Å². The molecular formula is C18H18N2O3. The molecule has 1 saturated carbocycles. The average Bonchev–Trinajstić information content (AvgIpc) is 3.29. The SMILES string of the molecule is O=C(O)[C@H]1CCN(C(=O)c2cc(C3CC3)nc3ccccc23)C1. The molecule has 2 fully saturated rings. The number of likely N-dealkylation sites (tertiary alicyclic amines) is 1. The zero-order valence-electron chi connectivity index (χ0n) is 12.7. The number of pyridine rings is 1. The number of hydrogen-bond acceptors (Lipinski definition) is 3. The zero-order valence-corrected chi connectivity index (χ0v) is 12.7. The minimum atomic E-state index is -0.821. The van der Waals surface area contributed by atoms with E-state index in [9.17, 15) is 9.59 Å². The summed E-state index contributed by atoms with van der Waals surface area (Å²) in [5.74, 6) is -0.876. The standard InChI is InChI=1S/C18H18N2O3/c21-17(20-8-7-12(10-20)18(22)23)14-9-16(11-5-6-11)19-15-4-2-1-3-13(14)15/h1-4,9,11-12H,5-8,10H2,(H,22,23)/t12-/m0/s1. The summed E-state index contributed by atoms with van der Waals surface area (Å²) >= 11 is 0. The van der Waals surface area contributed by atoms with Gasteiger partial charge in [0.2, 0.25) is 0 Å². The maximum atomic E-state index is 12.9. The Morgan fingerprint density at radius 1 is 1.17 bits per heavy atom. The fourth-order valence-corrected chi connectivity index (χ4v) is 3.28. The summed E-state index contributed by atoms with van der Waals surface area (Å²) in [6.07, 6.45) is 2.78. The van der Waals surface area contributed by atoms with Gasteiger partial charge < -0.3 is 10.0 Å². The number of rotatable bonds is 3. The van der Waals surface area contributed by atoms with E-state index in [0.717, 1.165) is 29.4 Å². The van der Waals surface area contributed by atoms with E-state index >= 15 is 0 Å². The molecule has 1 atom stereocenters. The van der Waals surface area contributed by atoms with Crippen LogP contribution in [0.5, 0.6) is 0 Å². The number of carbonyl (C=O) groups is 2. The van der Waals surface area contributed by atoms with Gasteiger partial charge in [0.05, 0.1) is 17.0 Å². The van der Waals surface area contributed by atoms with Crippen molar-refractivity contribution < 1.29 is 14.7 Å². The predicted molar refractivity (Wildman–Crippen MR) is 85.4 cm³/mol. The predicted octanol–water partition coefficient (Wildman–Crippen LogP) is 2.66. The number of hydrogen-bond donors (Lipinski definition) is 1. The molecule has 1 N–H and O–H groups in total. The van der Waals surface area contributed by atoms with Gasteiger partial charge in [0.25, 0.3) is 5.91 Å². The number of fused-ring (bicyclic) bond motifs is 1. The smallest absolute Gasteiger partial charge is 0.308 e. The maximum Gasteiger partial charge on any atom is 0.308 e. The van der Waals surface area contributed by atoms with Crippen molar-refractivity contribution in [2.45, 2.75) is 25.2 Å². The van der Waals surface area contributed by atoms with Crippen molar-refractivity contribution in [1.29, 1.82) is 0 Å². The van der Waals surface area contributed by atoms with Crippen molar-refractivity contribution in [3.8, 4) is 0 Å². The second-order valence-electron chi connectivity index (χ2n) is 6.46. The summed E-state index contributed by atoms with van der Waals surface area (Å²) in [5, 5.41) is 9.98. The van der Waals surface area contributed by atoms with Crippen LogP contribution in [0.25, 0.3) is 10.9 Å². The quantitative estimate of drug-likeness (QED) is 0.946. The Morgan fingerprint density at radius 3 is 2.65 bits per heavy atom. The van der Waals surface area contributed by atoms with Crippen LogP contribution in [0, 0.1) is 5.92 Å². The number of amides is 1. The number of aliphatic carboxylic acids is 1. The first-order valence-electron chi connectivity index (χ1n) is 8.05. The van der Waals surface area contributed by atoms with Crippen LogP contribution < -0.4 is 0 Å². The number of carbonyl (C=O) groups excluding carboxylic acids is 1. The van der Waals surface area contributed by atoms with E-state index in [4.69, 9.17) is 5.11 Å². The third-order valence-electron chi connectivity index (χ3n) is 4.79. The lowest BCUT2D eigenvalue weighted by Gasteiger charge is -2.18. The monoisotopic (exact) mass is 310 g/mol. The van der Waals surface area contributed by atoms with Crippen LogP contribution in [0.1, 0.15) is 41.2 Å². The Morgan fingerprint density at radius 2 is 1.96 bits per heavy atom. The lowest BCUT2D eigenvalue weighted by molar-refractivity contribution is -0.141. The molecule has 4 rings (SSSR count). The second-order valence-corrected chi connectivity index (χ2v) is 6.46. The highest BCUT2D eigenvalue weighted by molar-refractivity contribution is 6.06. The fraction of sp³-hybridized carbons (Fsp3) is 0.389. The van der Waals surface area contributed by atoms with E-state index in [1.807, 2.05) is 30.3 Å². The number of para-hydroxylation sites is 1. The van der Waals surface area contributed by atoms with Crippen molar-refractivity contribution >= 4 is 22.8 Å². The van der Waals surface area contributed by atoms with E-state index in [-0.39, 0.29) is 5.91 Å². The van der Waals surface area contributed by atoms with Crippen LogP contribution in [-0.2, 0) is 4.79 Å². The van der Waals surface area contributed by atoms with E-state index < -0.39 is 11.9 Å². The van der Waals surface area contributed by atoms with E-state index in [0.29, 0.717) is 31.0 Å². The highest BCUT2D eigenvalue weighted by Crippen LogP contribution is 2.40. The molecule has 23 heavy (non-hydrogen) atoms. The molecule has 5 heteroatoms. The Kier molecular flexibility index (Phi) is 3.29. The lowest BCUT2D eigenvalue weighted by Crippen LogP contribution is -2.30. The fourth-order valence-electron chi connectivity index (χ4n) is 3.28. The van der Waals surface area contributed by atoms with Gasteiger partial charge in [0.15, 0.2) is 0 Å². The molecule has 1 saturated heterocycles. The molecule has 1 aromatic carbocycles. The van der Waals surface area contributed by atoms with Gasteiger partial charge in [-0.25, -0.2) is 0 Å². The van der Waals surface area contributed by atoms with Crippen LogP contribution in [0.4, 0.5) is 0 Å². The van der Waals surface area contributed by atoms with Crippen molar-refractivity contribution in [2.75, 3.05) is 13.1 Å². The Bertz CT molecular complexity index is 798. The molecule has 2 aromatic rings. The zero-order chi connectivity index (χ0) is 16.0. The molecule has 0 bridgehead atoms. The van der Waals surface area contributed by atoms with Crippen LogP contribution in [0.3, 0.4) is 0 Å². The molecule has 0 unspecified atom stereocenters. The molecule has 118 valence electrons. The largest absolute Gasteiger partial charge is 0.481 e. The van der Waals surface area contributed by atoms with Gasteiger partial charge >= 0.3 is 5.97 Å². The molecule has 0 radical (unpaired) electrons. The number of nitrogens with zero attached hydrogens (tertiary/aromatic N) is 2. The Balaban J connectivity index is 1.72. The lowest BCUT2D eigenvalue weighted by atomic mass is 10.0. The van der Waals surface area contributed by atoms with E-state index in [1.165, 1.54) is 0 Å². The van der Waals surface area contributed by atoms with Crippen molar-refractivity contribution in [1.82, 2.24) is 9.88 Å². The Hall–Kier alpha value is -2.43. The molecule has 0 spiro atoms. The third-order valence-corrected chi connectivity index (χ3v) is 4.79. The topological polar surface area (TPSA) is 70.5 Å². The minimum absolute atomic E-state index is 0.0748. The van der Waals surface area contributed by atoms with Crippen LogP contribution in [0.2, 0.25) is 0 Å². The minimum Gasteiger partial charge on any atom is -0.481 e.